The number of hydrogen-bond donors (Lipinski definition) is 1. The quantitative estimate of drug-likeness (QED) is 0.800. The second-order valence-corrected chi connectivity index (χ2v) is 3.57. The number of aromatic nitrogens is 1. The normalized spacial score (nSPS) is 10.4. The van der Waals surface area contributed by atoms with Crippen LogP contribution in [0.1, 0.15) is 6.42 Å². The molecule has 0 amide bonds. The first-order valence-electron chi connectivity index (χ1n) is 4.50. The number of oxazole rings is 1. The van der Waals surface area contributed by atoms with Crippen molar-refractivity contribution in [3.8, 4) is 5.75 Å². The smallest absolute Gasteiger partial charge is 0.181 e. The van der Waals surface area contributed by atoms with Crippen LogP contribution in [0.15, 0.2) is 29.0 Å². The van der Waals surface area contributed by atoms with Crippen LogP contribution in [0.5, 0.6) is 5.75 Å². The largest absolute Gasteiger partial charge is 0.493 e. The molecular weight excluding hydrogens is 212 g/mol. The van der Waals surface area contributed by atoms with Gasteiger partial charge in [0.15, 0.2) is 12.0 Å². The van der Waals surface area contributed by atoms with E-state index in [0.29, 0.717) is 23.6 Å². The van der Waals surface area contributed by atoms with E-state index in [0.717, 1.165) is 11.3 Å². The third-order valence-corrected chi connectivity index (χ3v) is 2.12. The molecule has 2 aromatic rings. The Morgan fingerprint density at radius 3 is 3.20 bits per heavy atom. The van der Waals surface area contributed by atoms with Gasteiger partial charge in [-0.05, 0) is 12.1 Å². The van der Waals surface area contributed by atoms with E-state index in [2.05, 4.69) is 4.98 Å². The molecule has 2 rings (SSSR count). The van der Waals surface area contributed by atoms with E-state index < -0.39 is 0 Å². The predicted molar refractivity (Wildman–Crippen MR) is 60.9 cm³/mol. The molecule has 0 saturated heterocycles. The lowest BCUT2D eigenvalue weighted by Crippen LogP contribution is -2.12. The molecule has 4 nitrogen and oxygen atoms in total. The molecule has 1 aromatic heterocycles. The lowest BCUT2D eigenvalue weighted by Gasteiger charge is -2.04. The van der Waals surface area contributed by atoms with E-state index in [1.54, 1.807) is 6.07 Å². The molecule has 0 aliphatic carbocycles. The van der Waals surface area contributed by atoms with Gasteiger partial charge in [0.1, 0.15) is 11.3 Å². The average molecular weight is 222 g/mol. The van der Waals surface area contributed by atoms with Crippen LogP contribution in [0.2, 0.25) is 0 Å². The maximum Gasteiger partial charge on any atom is 0.181 e. The van der Waals surface area contributed by atoms with Gasteiger partial charge in [0.05, 0.1) is 11.6 Å². The number of benzene rings is 1. The summed E-state index contributed by atoms with van der Waals surface area (Å²) in [6.45, 7) is 0.481. The molecule has 78 valence electrons. The number of thiocarbonyl (C=S) groups is 1. The van der Waals surface area contributed by atoms with Crippen LogP contribution in [-0.4, -0.2) is 16.6 Å². The zero-order valence-electron chi connectivity index (χ0n) is 7.97. The number of fused-ring (bicyclic) bond motifs is 1. The standard InChI is InChI=1S/C10H10N2O2S/c11-10(15)3-4-13-7-1-2-8-9(5-7)14-6-12-8/h1-2,5-6H,3-4H2,(H2,11,15). The fourth-order valence-corrected chi connectivity index (χ4v) is 1.28. The maximum absolute atomic E-state index is 5.44. The molecule has 0 bridgehead atoms. The molecule has 0 radical (unpaired) electrons. The molecule has 0 fully saturated rings. The summed E-state index contributed by atoms with van der Waals surface area (Å²) in [5.74, 6) is 0.732. The maximum atomic E-state index is 5.44. The lowest BCUT2D eigenvalue weighted by molar-refractivity contribution is 0.329. The second kappa shape index (κ2) is 4.27. The fraction of sp³-hybridized carbons (Fsp3) is 0.200. The number of hydrogen-bond acceptors (Lipinski definition) is 4. The van der Waals surface area contributed by atoms with Gasteiger partial charge in [-0.2, -0.15) is 0 Å². The van der Waals surface area contributed by atoms with Gasteiger partial charge >= 0.3 is 0 Å². The van der Waals surface area contributed by atoms with Crippen molar-refractivity contribution in [2.45, 2.75) is 6.42 Å². The third kappa shape index (κ3) is 2.44. The first kappa shape index (κ1) is 9.92. The molecule has 1 heterocycles. The summed E-state index contributed by atoms with van der Waals surface area (Å²) in [6, 6.07) is 5.47. The zero-order chi connectivity index (χ0) is 10.7. The first-order valence-corrected chi connectivity index (χ1v) is 4.91. The number of nitrogens with zero attached hydrogens (tertiary/aromatic N) is 1. The molecule has 0 aliphatic heterocycles. The highest BCUT2D eigenvalue weighted by Gasteiger charge is 2.00. The number of ether oxygens (including phenoxy) is 1. The Hall–Kier alpha value is -1.62. The van der Waals surface area contributed by atoms with Crippen molar-refractivity contribution in [1.29, 1.82) is 0 Å². The van der Waals surface area contributed by atoms with E-state index >= 15 is 0 Å². The van der Waals surface area contributed by atoms with Crippen molar-refractivity contribution in [2.24, 2.45) is 5.73 Å². The summed E-state index contributed by atoms with van der Waals surface area (Å²) in [7, 11) is 0. The van der Waals surface area contributed by atoms with Crippen LogP contribution in [0.3, 0.4) is 0 Å². The average Bonchev–Trinajstić information content (AvgIpc) is 2.64. The molecule has 15 heavy (non-hydrogen) atoms. The van der Waals surface area contributed by atoms with Gasteiger partial charge in [0.25, 0.3) is 0 Å². The van der Waals surface area contributed by atoms with Crippen molar-refractivity contribution in [3.63, 3.8) is 0 Å². The van der Waals surface area contributed by atoms with E-state index in [4.69, 9.17) is 27.1 Å². The number of nitrogens with two attached hydrogens (primary N) is 1. The van der Waals surface area contributed by atoms with E-state index in [-0.39, 0.29) is 0 Å². The molecule has 0 atom stereocenters. The van der Waals surface area contributed by atoms with Crippen LogP contribution in [0.4, 0.5) is 0 Å². The van der Waals surface area contributed by atoms with Crippen LogP contribution < -0.4 is 10.5 Å². The van der Waals surface area contributed by atoms with E-state index in [9.17, 15) is 0 Å². The summed E-state index contributed by atoms with van der Waals surface area (Å²) < 4.78 is 10.6. The monoisotopic (exact) mass is 222 g/mol. The highest BCUT2D eigenvalue weighted by molar-refractivity contribution is 7.80. The lowest BCUT2D eigenvalue weighted by atomic mass is 10.3. The first-order chi connectivity index (χ1) is 7.25. The summed E-state index contributed by atoms with van der Waals surface area (Å²) in [5.41, 5.74) is 6.88. The Morgan fingerprint density at radius 2 is 2.40 bits per heavy atom. The van der Waals surface area contributed by atoms with Crippen LogP contribution in [0, 0.1) is 0 Å². The molecular formula is C10H10N2O2S. The van der Waals surface area contributed by atoms with Crippen molar-refractivity contribution >= 4 is 28.3 Å². The third-order valence-electron chi connectivity index (χ3n) is 1.92. The second-order valence-electron chi connectivity index (χ2n) is 3.05. The minimum Gasteiger partial charge on any atom is -0.493 e. The van der Waals surface area contributed by atoms with Crippen LogP contribution >= 0.6 is 12.2 Å². The van der Waals surface area contributed by atoms with Crippen molar-refractivity contribution in [3.05, 3.63) is 24.6 Å². The topological polar surface area (TPSA) is 61.3 Å². The molecule has 1 aromatic carbocycles. The zero-order valence-corrected chi connectivity index (χ0v) is 8.79. The molecule has 0 saturated carbocycles. The molecule has 0 aliphatic rings. The summed E-state index contributed by atoms with van der Waals surface area (Å²) in [5, 5.41) is 0. The molecule has 0 unspecified atom stereocenters. The van der Waals surface area contributed by atoms with Crippen LogP contribution in [-0.2, 0) is 0 Å². The van der Waals surface area contributed by atoms with Gasteiger partial charge in [-0.15, -0.1) is 0 Å². The summed E-state index contributed by atoms with van der Waals surface area (Å²) >= 11 is 4.74. The Morgan fingerprint density at radius 1 is 1.53 bits per heavy atom. The van der Waals surface area contributed by atoms with Gasteiger partial charge in [0.2, 0.25) is 0 Å². The van der Waals surface area contributed by atoms with E-state index in [1.807, 2.05) is 12.1 Å². The van der Waals surface area contributed by atoms with E-state index in [1.165, 1.54) is 6.39 Å². The highest BCUT2D eigenvalue weighted by atomic mass is 32.1. The van der Waals surface area contributed by atoms with Gasteiger partial charge in [-0.3, -0.25) is 0 Å². The highest BCUT2D eigenvalue weighted by Crippen LogP contribution is 2.19. The van der Waals surface area contributed by atoms with Gasteiger partial charge in [0, 0.05) is 12.5 Å². The van der Waals surface area contributed by atoms with Gasteiger partial charge < -0.3 is 14.9 Å². The number of rotatable bonds is 4. The summed E-state index contributed by atoms with van der Waals surface area (Å²) in [6.07, 6.45) is 1.98. The van der Waals surface area contributed by atoms with Crippen molar-refractivity contribution in [2.75, 3.05) is 6.61 Å². The molecule has 2 N–H and O–H groups in total. The minimum absolute atomic E-state index is 0.454. The summed E-state index contributed by atoms with van der Waals surface area (Å²) in [4.78, 5) is 4.46. The Bertz CT molecular complexity index is 481. The minimum atomic E-state index is 0.454. The Balaban J connectivity index is 2.04. The fourth-order valence-electron chi connectivity index (χ4n) is 1.19. The van der Waals surface area contributed by atoms with Gasteiger partial charge in [-0.25, -0.2) is 4.98 Å². The predicted octanol–water partition coefficient (Wildman–Crippen LogP) is 1.88. The Labute approximate surface area is 92.0 Å². The van der Waals surface area contributed by atoms with Crippen LogP contribution in [0.25, 0.3) is 11.1 Å². The molecule has 0 spiro atoms. The van der Waals surface area contributed by atoms with Gasteiger partial charge in [-0.1, -0.05) is 12.2 Å². The molecule has 5 heteroatoms. The SMILES string of the molecule is NC(=S)CCOc1ccc2ncoc2c1. The Kier molecular flexibility index (Phi) is 2.82. The van der Waals surface area contributed by atoms with Crippen molar-refractivity contribution < 1.29 is 9.15 Å². The van der Waals surface area contributed by atoms with Crippen molar-refractivity contribution in [1.82, 2.24) is 4.98 Å².